The number of aromatic nitrogens is 3. The number of rotatable bonds is 4. The van der Waals surface area contributed by atoms with Crippen LogP contribution in [0.5, 0.6) is 0 Å². The fourth-order valence-electron chi connectivity index (χ4n) is 2.04. The van der Waals surface area contributed by atoms with Crippen molar-refractivity contribution >= 4 is 22.9 Å². The third kappa shape index (κ3) is 3.04. The van der Waals surface area contributed by atoms with Gasteiger partial charge in [0.1, 0.15) is 5.01 Å². The van der Waals surface area contributed by atoms with Crippen LogP contribution in [0, 0.1) is 0 Å². The van der Waals surface area contributed by atoms with Gasteiger partial charge in [0.05, 0.1) is 24.4 Å². The fraction of sp³-hybridized carbons (Fsp3) is 0.133. The van der Waals surface area contributed by atoms with E-state index in [-0.39, 0.29) is 5.56 Å². The number of thiazole rings is 1. The van der Waals surface area contributed by atoms with Crippen LogP contribution in [-0.4, -0.2) is 14.5 Å². The molecule has 6 heteroatoms. The van der Waals surface area contributed by atoms with Gasteiger partial charge in [-0.05, 0) is 5.56 Å². The first kappa shape index (κ1) is 14.0. The Balaban J connectivity index is 2.00. The molecule has 0 saturated heterocycles. The van der Waals surface area contributed by atoms with Gasteiger partial charge in [0, 0.05) is 23.2 Å². The summed E-state index contributed by atoms with van der Waals surface area (Å²) >= 11 is 7.37. The topological polar surface area (TPSA) is 47.8 Å². The molecule has 2 heterocycles. The average Bonchev–Trinajstić information content (AvgIpc) is 2.99. The molecule has 0 N–H and O–H groups in total. The summed E-state index contributed by atoms with van der Waals surface area (Å²) in [5, 5.41) is 2.87. The van der Waals surface area contributed by atoms with Crippen LogP contribution in [0.1, 0.15) is 11.3 Å². The van der Waals surface area contributed by atoms with E-state index in [1.54, 1.807) is 22.2 Å². The van der Waals surface area contributed by atoms with Gasteiger partial charge in [0.2, 0.25) is 0 Å². The molecule has 3 aromatic rings. The van der Waals surface area contributed by atoms with Crippen LogP contribution in [0.3, 0.4) is 0 Å². The van der Waals surface area contributed by atoms with Crippen LogP contribution in [0.25, 0.3) is 10.6 Å². The Morgan fingerprint density at radius 1 is 1.24 bits per heavy atom. The molecule has 106 valence electrons. The molecule has 3 rings (SSSR count). The van der Waals surface area contributed by atoms with E-state index in [1.807, 2.05) is 29.6 Å². The molecule has 0 unspecified atom stereocenters. The van der Waals surface area contributed by atoms with Crippen LogP contribution >= 0.6 is 22.9 Å². The monoisotopic (exact) mass is 317 g/mol. The van der Waals surface area contributed by atoms with Crippen LogP contribution in [0.4, 0.5) is 0 Å². The summed E-state index contributed by atoms with van der Waals surface area (Å²) in [6.07, 6.45) is 3.05. The Hall–Kier alpha value is -1.98. The number of hydrogen-bond donors (Lipinski definition) is 0. The average molecular weight is 318 g/mol. The lowest BCUT2D eigenvalue weighted by atomic mass is 10.1. The van der Waals surface area contributed by atoms with Gasteiger partial charge in [-0.25, -0.2) is 9.97 Å². The normalized spacial score (nSPS) is 10.7. The van der Waals surface area contributed by atoms with Crippen molar-refractivity contribution in [1.29, 1.82) is 0 Å². The van der Waals surface area contributed by atoms with Gasteiger partial charge in [-0.15, -0.1) is 22.9 Å². The van der Waals surface area contributed by atoms with Crippen LogP contribution in [-0.2, 0) is 12.4 Å². The van der Waals surface area contributed by atoms with Crippen molar-refractivity contribution in [3.05, 3.63) is 69.8 Å². The minimum absolute atomic E-state index is 0.0691. The number of benzene rings is 1. The maximum atomic E-state index is 11.8. The first-order valence-electron chi connectivity index (χ1n) is 6.37. The molecule has 1 aromatic carbocycles. The van der Waals surface area contributed by atoms with Gasteiger partial charge in [-0.1, -0.05) is 24.3 Å². The highest BCUT2D eigenvalue weighted by atomic mass is 35.5. The van der Waals surface area contributed by atoms with Crippen molar-refractivity contribution < 1.29 is 0 Å². The van der Waals surface area contributed by atoms with Crippen molar-refractivity contribution in [3.8, 4) is 10.6 Å². The fourth-order valence-corrected chi connectivity index (χ4v) is 3.15. The Morgan fingerprint density at radius 2 is 2.10 bits per heavy atom. The minimum Gasteiger partial charge on any atom is -0.295 e. The van der Waals surface area contributed by atoms with Crippen LogP contribution in [0.15, 0.2) is 53.0 Å². The van der Waals surface area contributed by atoms with Gasteiger partial charge in [-0.2, -0.15) is 0 Å². The Labute approximate surface area is 130 Å². The Bertz CT molecular complexity index is 812. The zero-order chi connectivity index (χ0) is 14.7. The van der Waals surface area contributed by atoms with E-state index < -0.39 is 0 Å². The zero-order valence-electron chi connectivity index (χ0n) is 11.1. The number of nitrogens with zero attached hydrogens (tertiary/aromatic N) is 3. The summed E-state index contributed by atoms with van der Waals surface area (Å²) in [4.78, 5) is 20.3. The van der Waals surface area contributed by atoms with E-state index >= 15 is 0 Å². The van der Waals surface area contributed by atoms with Gasteiger partial charge < -0.3 is 0 Å². The van der Waals surface area contributed by atoms with Crippen LogP contribution in [0.2, 0.25) is 0 Å². The molecule has 0 aliphatic carbocycles. The highest BCUT2D eigenvalue weighted by Crippen LogP contribution is 2.27. The molecule has 0 saturated carbocycles. The Morgan fingerprint density at radius 3 is 2.86 bits per heavy atom. The van der Waals surface area contributed by atoms with E-state index in [9.17, 15) is 4.79 Å². The molecule has 4 nitrogen and oxygen atoms in total. The molecule has 2 aromatic heterocycles. The predicted octanol–water partition coefficient (Wildman–Crippen LogP) is 3.15. The highest BCUT2D eigenvalue weighted by molar-refractivity contribution is 7.13. The second-order valence-corrected chi connectivity index (χ2v) is 5.61. The van der Waals surface area contributed by atoms with E-state index in [4.69, 9.17) is 11.6 Å². The molecule has 0 fully saturated rings. The maximum Gasteiger partial charge on any atom is 0.253 e. The summed E-state index contributed by atoms with van der Waals surface area (Å²) < 4.78 is 1.58. The van der Waals surface area contributed by atoms with Crippen molar-refractivity contribution in [1.82, 2.24) is 14.5 Å². The van der Waals surface area contributed by atoms with E-state index in [2.05, 4.69) is 9.97 Å². The lowest BCUT2D eigenvalue weighted by Crippen LogP contribution is -2.19. The number of alkyl halides is 1. The summed E-state index contributed by atoms with van der Waals surface area (Å²) in [7, 11) is 0. The van der Waals surface area contributed by atoms with Crippen molar-refractivity contribution in [3.63, 3.8) is 0 Å². The molecule has 0 aliphatic rings. The van der Waals surface area contributed by atoms with E-state index in [0.29, 0.717) is 12.4 Å². The van der Waals surface area contributed by atoms with Crippen molar-refractivity contribution in [2.45, 2.75) is 12.4 Å². The minimum atomic E-state index is -0.0691. The largest absolute Gasteiger partial charge is 0.295 e. The number of halogens is 1. The quantitative estimate of drug-likeness (QED) is 0.694. The standard InChI is InChI=1S/C15H12ClN3OS/c16-7-12-9-21-15(18-12)13-4-2-1-3-11(13)8-19-10-17-6-5-14(19)20/h1-6,9-10H,7-8H2. The summed E-state index contributed by atoms with van der Waals surface area (Å²) in [6.45, 7) is 0.471. The first-order chi connectivity index (χ1) is 10.3. The smallest absolute Gasteiger partial charge is 0.253 e. The molecular formula is C15H12ClN3OS. The van der Waals surface area contributed by atoms with Gasteiger partial charge in [0.25, 0.3) is 5.56 Å². The summed E-state index contributed by atoms with van der Waals surface area (Å²) in [5.74, 6) is 0.404. The Kier molecular flexibility index (Phi) is 4.13. The third-order valence-corrected chi connectivity index (χ3v) is 4.27. The molecule has 0 bridgehead atoms. The van der Waals surface area contributed by atoms with Gasteiger partial charge in [0.15, 0.2) is 0 Å². The van der Waals surface area contributed by atoms with Crippen molar-refractivity contribution in [2.75, 3.05) is 0 Å². The summed E-state index contributed by atoms with van der Waals surface area (Å²) in [5.41, 5.74) is 2.85. The lowest BCUT2D eigenvalue weighted by molar-refractivity contribution is 0.737. The third-order valence-electron chi connectivity index (χ3n) is 3.07. The number of hydrogen-bond acceptors (Lipinski definition) is 4. The molecule has 0 spiro atoms. The van der Waals surface area contributed by atoms with Crippen LogP contribution < -0.4 is 5.56 Å². The highest BCUT2D eigenvalue weighted by Gasteiger charge is 2.10. The SMILES string of the molecule is O=c1ccncn1Cc1ccccc1-c1nc(CCl)cs1. The zero-order valence-corrected chi connectivity index (χ0v) is 12.6. The maximum absolute atomic E-state index is 11.8. The van der Waals surface area contributed by atoms with Crippen molar-refractivity contribution in [2.24, 2.45) is 0 Å². The predicted molar refractivity (Wildman–Crippen MR) is 84.7 cm³/mol. The van der Waals surface area contributed by atoms with E-state index in [1.165, 1.54) is 12.3 Å². The second kappa shape index (κ2) is 6.20. The molecule has 0 amide bonds. The summed E-state index contributed by atoms with van der Waals surface area (Å²) in [6, 6.07) is 9.38. The van der Waals surface area contributed by atoms with Gasteiger partial charge >= 0.3 is 0 Å². The molecule has 0 aliphatic heterocycles. The molecule has 0 radical (unpaired) electrons. The second-order valence-electron chi connectivity index (χ2n) is 4.48. The molecule has 0 atom stereocenters. The first-order valence-corrected chi connectivity index (χ1v) is 7.78. The molecular weight excluding hydrogens is 306 g/mol. The van der Waals surface area contributed by atoms with Gasteiger partial charge in [-0.3, -0.25) is 9.36 Å². The van der Waals surface area contributed by atoms with E-state index in [0.717, 1.165) is 21.8 Å². The molecule has 21 heavy (non-hydrogen) atoms. The lowest BCUT2D eigenvalue weighted by Gasteiger charge is -2.08.